The lowest BCUT2D eigenvalue weighted by Crippen LogP contribution is -2.09. The lowest BCUT2D eigenvalue weighted by atomic mass is 10.1. The Kier molecular flexibility index (Phi) is 3.67. The number of aromatic nitrogens is 1. The van der Waals surface area contributed by atoms with E-state index in [9.17, 15) is 18.0 Å². The van der Waals surface area contributed by atoms with Crippen molar-refractivity contribution in [3.05, 3.63) is 40.5 Å². The van der Waals surface area contributed by atoms with Crippen LogP contribution in [0.4, 0.5) is 23.9 Å². The van der Waals surface area contributed by atoms with Gasteiger partial charge in [-0.2, -0.15) is 13.2 Å². The number of nitrogens with zero attached hydrogens (tertiary/aromatic N) is 1. The third-order valence-corrected chi connectivity index (χ3v) is 3.42. The van der Waals surface area contributed by atoms with Gasteiger partial charge in [0, 0.05) is 0 Å². The van der Waals surface area contributed by atoms with E-state index in [2.05, 4.69) is 10.3 Å². The van der Waals surface area contributed by atoms with Gasteiger partial charge in [0.2, 0.25) is 0 Å². The maximum atomic E-state index is 12.6. The summed E-state index contributed by atoms with van der Waals surface area (Å²) in [6.07, 6.45) is -4.58. The zero-order chi connectivity index (χ0) is 14.9. The average Bonchev–Trinajstić information content (AvgIpc) is 2.74. The molecule has 1 heterocycles. The Bertz CT molecular complexity index is 652. The third kappa shape index (κ3) is 2.90. The molecule has 2 aromatic rings. The molecule has 0 fully saturated rings. The van der Waals surface area contributed by atoms with Gasteiger partial charge >= 0.3 is 12.1 Å². The second kappa shape index (κ2) is 5.12. The summed E-state index contributed by atoms with van der Waals surface area (Å²) in [5.74, 6) is -1.43. The van der Waals surface area contributed by atoms with Gasteiger partial charge in [0.05, 0.1) is 28.0 Å². The van der Waals surface area contributed by atoms with Gasteiger partial charge in [-0.05, 0) is 25.1 Å². The largest absolute Gasteiger partial charge is 0.478 e. The standard InChI is InChI=1S/C12H9F3N2O2S/c1-6-10(20-5-16-6)17-9-3-2-7(12(13,14)15)4-8(9)11(18)19/h2-5,17H,1H3,(H,18,19). The number of hydrogen-bond donors (Lipinski definition) is 2. The SMILES string of the molecule is Cc1ncsc1Nc1ccc(C(F)(F)F)cc1C(=O)O. The number of aryl methyl sites for hydroxylation is 1. The molecule has 0 aliphatic heterocycles. The predicted octanol–water partition coefficient (Wildman–Crippen LogP) is 3.91. The van der Waals surface area contributed by atoms with Crippen molar-refractivity contribution >= 4 is 28.0 Å². The molecule has 2 N–H and O–H groups in total. The molecule has 0 saturated carbocycles. The van der Waals surface area contributed by atoms with Gasteiger partial charge in [-0.1, -0.05) is 0 Å². The number of carbonyl (C=O) groups is 1. The summed E-state index contributed by atoms with van der Waals surface area (Å²) in [5.41, 5.74) is 0.862. The van der Waals surface area contributed by atoms with Crippen LogP contribution < -0.4 is 5.32 Å². The van der Waals surface area contributed by atoms with Crippen LogP contribution in [0.15, 0.2) is 23.7 Å². The number of halogens is 3. The van der Waals surface area contributed by atoms with Crippen LogP contribution in [-0.2, 0) is 6.18 Å². The average molecular weight is 302 g/mol. The fraction of sp³-hybridized carbons (Fsp3) is 0.167. The van der Waals surface area contributed by atoms with Gasteiger partial charge in [0.1, 0.15) is 5.00 Å². The summed E-state index contributed by atoms with van der Waals surface area (Å²) in [7, 11) is 0. The predicted molar refractivity (Wildman–Crippen MR) is 68.5 cm³/mol. The fourth-order valence-corrected chi connectivity index (χ4v) is 2.26. The number of alkyl halides is 3. The minimum Gasteiger partial charge on any atom is -0.478 e. The molecule has 0 radical (unpaired) electrons. The van der Waals surface area contributed by atoms with E-state index in [0.29, 0.717) is 16.8 Å². The number of anilines is 2. The van der Waals surface area contributed by atoms with Gasteiger partial charge in [0.25, 0.3) is 0 Å². The van der Waals surface area contributed by atoms with Gasteiger partial charge in [0.15, 0.2) is 0 Å². The van der Waals surface area contributed by atoms with Crippen molar-refractivity contribution in [2.45, 2.75) is 13.1 Å². The molecule has 0 unspecified atom stereocenters. The number of carboxylic acids is 1. The molecule has 0 amide bonds. The lowest BCUT2D eigenvalue weighted by molar-refractivity contribution is -0.137. The number of nitrogens with one attached hydrogen (secondary N) is 1. The Morgan fingerprint density at radius 3 is 2.60 bits per heavy atom. The van der Waals surface area contributed by atoms with Crippen LogP contribution in [0.5, 0.6) is 0 Å². The molecule has 4 nitrogen and oxygen atoms in total. The summed E-state index contributed by atoms with van der Waals surface area (Å²) < 4.78 is 37.7. The summed E-state index contributed by atoms with van der Waals surface area (Å²) in [6, 6.07) is 2.55. The summed E-state index contributed by atoms with van der Waals surface area (Å²) in [5, 5.41) is 12.4. The number of thiazole rings is 1. The second-order valence-electron chi connectivity index (χ2n) is 3.96. The number of carboxylic acid groups (broad SMARTS) is 1. The van der Waals surface area contributed by atoms with Crippen LogP contribution in [0.1, 0.15) is 21.6 Å². The van der Waals surface area contributed by atoms with Gasteiger partial charge < -0.3 is 10.4 Å². The molecule has 8 heteroatoms. The van der Waals surface area contributed by atoms with E-state index in [1.165, 1.54) is 11.3 Å². The zero-order valence-electron chi connectivity index (χ0n) is 10.2. The van der Waals surface area contributed by atoms with Gasteiger partial charge in [-0.3, -0.25) is 0 Å². The Morgan fingerprint density at radius 2 is 2.10 bits per heavy atom. The van der Waals surface area contributed by atoms with E-state index in [4.69, 9.17) is 5.11 Å². The van der Waals surface area contributed by atoms with Crippen LogP contribution in [0, 0.1) is 6.92 Å². The van der Waals surface area contributed by atoms with E-state index < -0.39 is 23.3 Å². The Morgan fingerprint density at radius 1 is 1.40 bits per heavy atom. The number of benzene rings is 1. The molecule has 0 aliphatic carbocycles. The molecule has 0 spiro atoms. The van der Waals surface area contributed by atoms with Gasteiger partial charge in [-0.25, -0.2) is 9.78 Å². The highest BCUT2D eigenvalue weighted by Gasteiger charge is 2.31. The minimum absolute atomic E-state index is 0.0952. The smallest absolute Gasteiger partial charge is 0.416 e. The third-order valence-electron chi connectivity index (χ3n) is 2.57. The number of hydrogen-bond acceptors (Lipinski definition) is 4. The van der Waals surface area contributed by atoms with Crippen molar-refractivity contribution in [2.75, 3.05) is 5.32 Å². The minimum atomic E-state index is -4.58. The zero-order valence-corrected chi connectivity index (χ0v) is 11.0. The second-order valence-corrected chi connectivity index (χ2v) is 4.81. The molecule has 1 aromatic carbocycles. The summed E-state index contributed by atoms with van der Waals surface area (Å²) >= 11 is 1.24. The molecule has 0 bridgehead atoms. The van der Waals surface area contributed by atoms with Crippen LogP contribution in [-0.4, -0.2) is 16.1 Å². The van der Waals surface area contributed by atoms with E-state index >= 15 is 0 Å². The van der Waals surface area contributed by atoms with Crippen molar-refractivity contribution in [3.63, 3.8) is 0 Å². The topological polar surface area (TPSA) is 62.2 Å². The Labute approximate surface area is 115 Å². The van der Waals surface area contributed by atoms with E-state index in [-0.39, 0.29) is 5.69 Å². The van der Waals surface area contributed by atoms with E-state index in [1.807, 2.05) is 0 Å². The van der Waals surface area contributed by atoms with Crippen molar-refractivity contribution in [1.29, 1.82) is 0 Å². The van der Waals surface area contributed by atoms with Crippen molar-refractivity contribution in [2.24, 2.45) is 0 Å². The molecule has 0 aliphatic rings. The molecule has 106 valence electrons. The molecule has 1 aromatic heterocycles. The first kappa shape index (κ1) is 14.3. The van der Waals surface area contributed by atoms with E-state index in [1.54, 1.807) is 12.4 Å². The maximum Gasteiger partial charge on any atom is 0.416 e. The number of rotatable bonds is 3. The summed E-state index contributed by atoms with van der Waals surface area (Å²) in [6.45, 7) is 1.71. The lowest BCUT2D eigenvalue weighted by Gasteiger charge is -2.12. The van der Waals surface area contributed by atoms with Crippen LogP contribution in [0.2, 0.25) is 0 Å². The highest BCUT2D eigenvalue weighted by molar-refractivity contribution is 7.14. The van der Waals surface area contributed by atoms with Crippen LogP contribution >= 0.6 is 11.3 Å². The molecular formula is C12H9F3N2O2S. The summed E-state index contributed by atoms with van der Waals surface area (Å²) in [4.78, 5) is 15.1. The Hall–Kier alpha value is -2.09. The first-order valence-corrected chi connectivity index (χ1v) is 6.28. The molecule has 0 saturated heterocycles. The molecule has 2 rings (SSSR count). The van der Waals surface area contributed by atoms with Crippen LogP contribution in [0.25, 0.3) is 0 Å². The van der Waals surface area contributed by atoms with Crippen molar-refractivity contribution in [3.8, 4) is 0 Å². The Balaban J connectivity index is 2.43. The highest BCUT2D eigenvalue weighted by Crippen LogP contribution is 2.33. The maximum absolute atomic E-state index is 12.6. The van der Waals surface area contributed by atoms with Crippen molar-refractivity contribution < 1.29 is 23.1 Å². The van der Waals surface area contributed by atoms with Gasteiger partial charge in [-0.15, -0.1) is 11.3 Å². The fourth-order valence-electron chi connectivity index (χ4n) is 1.55. The molecular weight excluding hydrogens is 293 g/mol. The van der Waals surface area contributed by atoms with Crippen molar-refractivity contribution in [1.82, 2.24) is 4.98 Å². The highest BCUT2D eigenvalue weighted by atomic mass is 32.1. The monoisotopic (exact) mass is 302 g/mol. The first-order valence-electron chi connectivity index (χ1n) is 5.40. The van der Waals surface area contributed by atoms with Crippen LogP contribution in [0.3, 0.4) is 0 Å². The normalized spacial score (nSPS) is 11.4. The number of aromatic carboxylic acids is 1. The molecule has 20 heavy (non-hydrogen) atoms. The first-order chi connectivity index (χ1) is 9.29. The van der Waals surface area contributed by atoms with E-state index in [0.717, 1.165) is 12.1 Å². The molecule has 0 atom stereocenters. The quantitative estimate of drug-likeness (QED) is 0.902.